The molecule has 0 radical (unpaired) electrons. The Morgan fingerprint density at radius 3 is 2.56 bits per heavy atom. The van der Waals surface area contributed by atoms with Crippen molar-refractivity contribution in [3.05, 3.63) is 34.9 Å². The Balaban J connectivity index is 2.48. The summed E-state index contributed by atoms with van der Waals surface area (Å²) in [6.07, 6.45) is 1.26. The smallest absolute Gasteiger partial charge is 0.148 e. The van der Waals surface area contributed by atoms with Crippen molar-refractivity contribution in [2.75, 3.05) is 23.5 Å². The molecule has 0 heterocycles. The number of rotatable bonds is 6. The minimum absolute atomic E-state index is 0.0323. The van der Waals surface area contributed by atoms with Gasteiger partial charge in [-0.15, -0.1) is 0 Å². The molecule has 0 saturated heterocycles. The third-order valence-corrected chi connectivity index (χ3v) is 5.01. The Morgan fingerprint density at radius 2 is 2.00 bits per heavy atom. The zero-order valence-corrected chi connectivity index (χ0v) is 12.8. The molecule has 2 N–H and O–H groups in total. The molecule has 1 atom stereocenters. The monoisotopic (exact) mass is 287 g/mol. The normalized spacial score (nSPS) is 13.6. The molecule has 0 bridgehead atoms. The lowest BCUT2D eigenvalue weighted by Crippen LogP contribution is -2.15. The van der Waals surface area contributed by atoms with E-state index in [9.17, 15) is 8.42 Å². The van der Waals surface area contributed by atoms with Crippen LogP contribution in [-0.2, 0) is 9.84 Å². The summed E-state index contributed by atoms with van der Waals surface area (Å²) in [6.45, 7) is 4.12. The minimum Gasteiger partial charge on any atom is -0.323 e. The highest BCUT2D eigenvalue weighted by Gasteiger charge is 2.10. The van der Waals surface area contributed by atoms with Crippen LogP contribution in [0.25, 0.3) is 0 Å². The zero-order chi connectivity index (χ0) is 13.8. The quantitative estimate of drug-likeness (QED) is 0.814. The molecule has 0 aliphatic rings. The van der Waals surface area contributed by atoms with Gasteiger partial charge in [-0.1, -0.05) is 23.8 Å². The van der Waals surface area contributed by atoms with Gasteiger partial charge in [-0.3, -0.25) is 0 Å². The molecule has 0 amide bonds. The average molecular weight is 287 g/mol. The fourth-order valence-electron chi connectivity index (χ4n) is 1.75. The molecule has 0 aromatic heterocycles. The summed E-state index contributed by atoms with van der Waals surface area (Å²) in [6, 6.07) is 6.21. The fraction of sp³-hybridized carbons (Fsp3) is 0.538. The molecule has 1 unspecified atom stereocenters. The predicted molar refractivity (Wildman–Crippen MR) is 79.9 cm³/mol. The maximum atomic E-state index is 11.0. The number of sulfone groups is 1. The molecular formula is C13H21NO2S2. The van der Waals surface area contributed by atoms with Gasteiger partial charge >= 0.3 is 0 Å². The fourth-order valence-corrected chi connectivity index (χ4v) is 4.03. The average Bonchev–Trinajstić information content (AvgIpc) is 2.22. The van der Waals surface area contributed by atoms with Crippen LogP contribution in [-0.4, -0.2) is 31.9 Å². The third-order valence-electron chi connectivity index (χ3n) is 2.72. The molecule has 0 aliphatic carbocycles. The lowest BCUT2D eigenvalue weighted by molar-refractivity contribution is 0.603. The van der Waals surface area contributed by atoms with Crippen LogP contribution in [0.3, 0.4) is 0 Å². The molecule has 5 heteroatoms. The van der Waals surface area contributed by atoms with Crippen molar-refractivity contribution in [2.45, 2.75) is 19.9 Å². The van der Waals surface area contributed by atoms with Gasteiger partial charge in [0, 0.05) is 23.8 Å². The van der Waals surface area contributed by atoms with Crippen LogP contribution in [0.15, 0.2) is 18.2 Å². The van der Waals surface area contributed by atoms with E-state index in [-0.39, 0.29) is 11.8 Å². The molecule has 0 spiro atoms. The van der Waals surface area contributed by atoms with Crippen LogP contribution in [0.2, 0.25) is 0 Å². The first-order chi connectivity index (χ1) is 8.29. The van der Waals surface area contributed by atoms with Gasteiger partial charge in [-0.05, 0) is 25.0 Å². The Bertz CT molecular complexity index is 498. The van der Waals surface area contributed by atoms with E-state index in [1.165, 1.54) is 17.4 Å². The Morgan fingerprint density at radius 1 is 1.33 bits per heavy atom. The summed E-state index contributed by atoms with van der Waals surface area (Å²) < 4.78 is 22.0. The second-order valence-corrected chi connectivity index (χ2v) is 8.08. The van der Waals surface area contributed by atoms with E-state index in [0.717, 1.165) is 11.3 Å². The summed E-state index contributed by atoms with van der Waals surface area (Å²) in [5.41, 5.74) is 9.70. The van der Waals surface area contributed by atoms with E-state index in [1.54, 1.807) is 11.8 Å². The predicted octanol–water partition coefficient (Wildman–Crippen LogP) is 2.08. The van der Waals surface area contributed by atoms with E-state index in [0.29, 0.717) is 5.75 Å². The van der Waals surface area contributed by atoms with Crippen molar-refractivity contribution in [3.63, 3.8) is 0 Å². The van der Waals surface area contributed by atoms with Crippen LogP contribution >= 0.6 is 11.8 Å². The minimum atomic E-state index is -2.86. The highest BCUT2D eigenvalue weighted by molar-refractivity contribution is 8.00. The molecule has 102 valence electrons. The Kier molecular flexibility index (Phi) is 5.69. The van der Waals surface area contributed by atoms with E-state index in [1.807, 2.05) is 0 Å². The van der Waals surface area contributed by atoms with Crippen LogP contribution in [0.4, 0.5) is 0 Å². The van der Waals surface area contributed by atoms with Gasteiger partial charge < -0.3 is 5.73 Å². The van der Waals surface area contributed by atoms with E-state index >= 15 is 0 Å². The first-order valence-corrected chi connectivity index (χ1v) is 9.09. The van der Waals surface area contributed by atoms with Crippen molar-refractivity contribution < 1.29 is 8.42 Å². The lowest BCUT2D eigenvalue weighted by Gasteiger charge is -2.14. The van der Waals surface area contributed by atoms with Crippen molar-refractivity contribution in [3.8, 4) is 0 Å². The summed E-state index contributed by atoms with van der Waals surface area (Å²) >= 11 is 1.59. The molecule has 0 saturated carbocycles. The van der Waals surface area contributed by atoms with Crippen molar-refractivity contribution in [2.24, 2.45) is 5.73 Å². The van der Waals surface area contributed by atoms with Gasteiger partial charge in [0.25, 0.3) is 0 Å². The second kappa shape index (κ2) is 6.59. The molecule has 3 nitrogen and oxygen atoms in total. The van der Waals surface area contributed by atoms with Gasteiger partial charge in [-0.25, -0.2) is 8.42 Å². The van der Waals surface area contributed by atoms with Gasteiger partial charge in [-0.2, -0.15) is 11.8 Å². The first kappa shape index (κ1) is 15.5. The van der Waals surface area contributed by atoms with Gasteiger partial charge in [0.1, 0.15) is 9.84 Å². The summed E-state index contributed by atoms with van der Waals surface area (Å²) in [4.78, 5) is 0. The number of hydrogen-bond donors (Lipinski definition) is 1. The van der Waals surface area contributed by atoms with Crippen LogP contribution < -0.4 is 5.73 Å². The number of hydrogen-bond acceptors (Lipinski definition) is 4. The third kappa shape index (κ3) is 5.42. The van der Waals surface area contributed by atoms with Gasteiger partial charge in [0.15, 0.2) is 0 Å². The van der Waals surface area contributed by atoms with Crippen LogP contribution in [0.1, 0.15) is 22.7 Å². The summed E-state index contributed by atoms with van der Waals surface area (Å²) in [5.74, 6) is 1.58. The standard InChI is InChI=1S/C13H21NO2S2/c1-10-4-5-12(11(2)8-10)13(14)9-17-6-7-18(3,15)16/h4-5,8,13H,6-7,9,14H2,1-3H3. The maximum absolute atomic E-state index is 11.0. The van der Waals surface area contributed by atoms with Crippen molar-refractivity contribution in [1.82, 2.24) is 0 Å². The first-order valence-electron chi connectivity index (χ1n) is 5.88. The number of thioether (sulfide) groups is 1. The molecular weight excluding hydrogens is 266 g/mol. The number of aryl methyl sites for hydroxylation is 2. The molecule has 0 aliphatic heterocycles. The number of nitrogens with two attached hydrogens (primary N) is 1. The van der Waals surface area contributed by atoms with Crippen molar-refractivity contribution >= 4 is 21.6 Å². The Labute approximate surface area is 114 Å². The second-order valence-electron chi connectivity index (χ2n) is 4.67. The van der Waals surface area contributed by atoms with Crippen LogP contribution in [0, 0.1) is 13.8 Å². The number of benzene rings is 1. The molecule has 1 rings (SSSR count). The molecule has 1 aromatic carbocycles. The zero-order valence-electron chi connectivity index (χ0n) is 11.1. The van der Waals surface area contributed by atoms with Crippen molar-refractivity contribution in [1.29, 1.82) is 0 Å². The maximum Gasteiger partial charge on any atom is 0.148 e. The van der Waals surface area contributed by atoms with Gasteiger partial charge in [0.2, 0.25) is 0 Å². The summed E-state index contributed by atoms with van der Waals surface area (Å²) in [5, 5.41) is 0. The van der Waals surface area contributed by atoms with Crippen LogP contribution in [0.5, 0.6) is 0 Å². The molecule has 1 aromatic rings. The van der Waals surface area contributed by atoms with E-state index < -0.39 is 9.84 Å². The van der Waals surface area contributed by atoms with E-state index in [4.69, 9.17) is 5.73 Å². The van der Waals surface area contributed by atoms with Gasteiger partial charge in [0.05, 0.1) is 5.75 Å². The summed E-state index contributed by atoms with van der Waals surface area (Å²) in [7, 11) is -2.86. The topological polar surface area (TPSA) is 60.2 Å². The molecule has 18 heavy (non-hydrogen) atoms. The molecule has 0 fully saturated rings. The highest BCUT2D eigenvalue weighted by Crippen LogP contribution is 2.20. The highest BCUT2D eigenvalue weighted by atomic mass is 32.2. The SMILES string of the molecule is Cc1ccc(C(N)CSCCS(C)(=O)=O)c(C)c1. The van der Waals surface area contributed by atoms with E-state index in [2.05, 4.69) is 32.0 Å². The Hall–Kier alpha value is -0.520. The lowest BCUT2D eigenvalue weighted by atomic mass is 10.0. The largest absolute Gasteiger partial charge is 0.323 e.